The van der Waals surface area contributed by atoms with Crippen LogP contribution in [0.2, 0.25) is 0 Å². The Morgan fingerprint density at radius 3 is 2.59 bits per heavy atom. The van der Waals surface area contributed by atoms with Gasteiger partial charge in [0.05, 0.1) is 0 Å². The zero-order valence-corrected chi connectivity index (χ0v) is 10.1. The first-order valence-corrected chi connectivity index (χ1v) is 6.01. The van der Waals surface area contributed by atoms with Gasteiger partial charge in [-0.2, -0.15) is 0 Å². The minimum Gasteiger partial charge on any atom is -0.368 e. The molecule has 0 spiro atoms. The van der Waals surface area contributed by atoms with Gasteiger partial charge in [-0.15, -0.1) is 0 Å². The predicted octanol–water partition coefficient (Wildman–Crippen LogP) is 1.16. The van der Waals surface area contributed by atoms with Crippen molar-refractivity contribution in [3.05, 3.63) is 29.8 Å². The summed E-state index contributed by atoms with van der Waals surface area (Å²) in [6.45, 7) is 2.85. The normalized spacial score (nSPS) is 21.5. The van der Waals surface area contributed by atoms with Gasteiger partial charge in [0.1, 0.15) is 6.04 Å². The molecule has 0 aliphatic carbocycles. The number of nitrogens with zero attached hydrogens (tertiary/aromatic N) is 1. The van der Waals surface area contributed by atoms with Gasteiger partial charge in [-0.1, -0.05) is 12.1 Å². The smallest absolute Gasteiger partial charge is 0.240 e. The highest BCUT2D eigenvalue weighted by atomic mass is 16.1. The Bertz CT molecular complexity index is 400. The fraction of sp³-hybridized carbons (Fsp3) is 0.462. The molecule has 4 nitrogen and oxygen atoms in total. The van der Waals surface area contributed by atoms with Gasteiger partial charge in [-0.3, -0.25) is 4.79 Å². The molecule has 1 saturated heterocycles. The van der Waals surface area contributed by atoms with Crippen molar-refractivity contribution in [1.82, 2.24) is 0 Å². The van der Waals surface area contributed by atoms with Gasteiger partial charge in [0.15, 0.2) is 0 Å². The highest BCUT2D eigenvalue weighted by molar-refractivity contribution is 5.84. The molecule has 4 N–H and O–H groups in total. The van der Waals surface area contributed by atoms with Crippen LogP contribution in [0, 0.1) is 0 Å². The zero-order chi connectivity index (χ0) is 12.4. The number of nitrogens with two attached hydrogens (primary N) is 2. The summed E-state index contributed by atoms with van der Waals surface area (Å²) in [5, 5.41) is 0. The molecule has 1 heterocycles. The number of carbonyl (C=O) groups is 1. The number of carbonyl (C=O) groups excluding carboxylic acids is 1. The zero-order valence-electron chi connectivity index (χ0n) is 10.1. The van der Waals surface area contributed by atoms with Gasteiger partial charge in [-0.05, 0) is 37.5 Å². The molecule has 0 unspecified atom stereocenters. The largest absolute Gasteiger partial charge is 0.368 e. The lowest BCUT2D eigenvalue weighted by molar-refractivity contribution is -0.119. The molecular weight excluding hydrogens is 214 g/mol. The monoisotopic (exact) mass is 233 g/mol. The molecular formula is C13H19N3O. The first-order valence-electron chi connectivity index (χ1n) is 6.01. The standard InChI is InChI=1S/C13H19N3O/c1-9(14)10-4-6-11(7-5-10)16-8-2-3-12(16)13(15)17/h4-7,9,12H,2-3,8,14H2,1H3,(H2,15,17)/t9-,12-/m0/s1. The van der Waals surface area contributed by atoms with Crippen LogP contribution in [0.1, 0.15) is 31.4 Å². The highest BCUT2D eigenvalue weighted by Crippen LogP contribution is 2.26. The highest BCUT2D eigenvalue weighted by Gasteiger charge is 2.28. The Morgan fingerprint density at radius 2 is 2.06 bits per heavy atom. The molecule has 0 bridgehead atoms. The van der Waals surface area contributed by atoms with E-state index >= 15 is 0 Å². The molecule has 1 aromatic rings. The fourth-order valence-corrected chi connectivity index (χ4v) is 2.34. The summed E-state index contributed by atoms with van der Waals surface area (Å²) in [6, 6.07) is 7.93. The quantitative estimate of drug-likeness (QED) is 0.823. The van der Waals surface area contributed by atoms with Crippen molar-refractivity contribution in [2.45, 2.75) is 31.8 Å². The van der Waals surface area contributed by atoms with E-state index in [9.17, 15) is 4.79 Å². The maximum Gasteiger partial charge on any atom is 0.240 e. The molecule has 2 atom stereocenters. The lowest BCUT2D eigenvalue weighted by atomic mass is 10.1. The summed E-state index contributed by atoms with van der Waals surface area (Å²) >= 11 is 0. The molecule has 0 aromatic heterocycles. The summed E-state index contributed by atoms with van der Waals surface area (Å²) in [4.78, 5) is 13.4. The first-order chi connectivity index (χ1) is 8.09. The Morgan fingerprint density at radius 1 is 1.41 bits per heavy atom. The topological polar surface area (TPSA) is 72.3 Å². The molecule has 4 heteroatoms. The molecule has 0 radical (unpaired) electrons. The molecule has 92 valence electrons. The van der Waals surface area contributed by atoms with Crippen LogP contribution in [0.3, 0.4) is 0 Å². The molecule has 1 aliphatic heterocycles. The van der Waals surface area contributed by atoms with Crippen molar-refractivity contribution >= 4 is 11.6 Å². The Hall–Kier alpha value is -1.55. The van der Waals surface area contributed by atoms with E-state index in [0.717, 1.165) is 30.6 Å². The van der Waals surface area contributed by atoms with Crippen LogP contribution < -0.4 is 16.4 Å². The van der Waals surface area contributed by atoms with E-state index in [2.05, 4.69) is 4.90 Å². The second-order valence-corrected chi connectivity index (χ2v) is 4.63. The van der Waals surface area contributed by atoms with Crippen LogP contribution in [0.15, 0.2) is 24.3 Å². The van der Waals surface area contributed by atoms with Crippen molar-refractivity contribution in [1.29, 1.82) is 0 Å². The van der Waals surface area contributed by atoms with Crippen LogP contribution >= 0.6 is 0 Å². The first kappa shape index (κ1) is 11.9. The van der Waals surface area contributed by atoms with Gasteiger partial charge in [0.25, 0.3) is 0 Å². The number of benzene rings is 1. The molecule has 2 rings (SSSR count). The predicted molar refractivity (Wildman–Crippen MR) is 68.6 cm³/mol. The SMILES string of the molecule is C[C@H](N)c1ccc(N2CCC[C@H]2C(N)=O)cc1. The molecule has 0 saturated carbocycles. The average Bonchev–Trinajstić information content (AvgIpc) is 2.78. The fourth-order valence-electron chi connectivity index (χ4n) is 2.34. The van der Waals surface area contributed by atoms with E-state index < -0.39 is 0 Å². The summed E-state index contributed by atoms with van der Waals surface area (Å²) in [7, 11) is 0. The van der Waals surface area contributed by atoms with Gasteiger partial charge in [0.2, 0.25) is 5.91 Å². The van der Waals surface area contributed by atoms with Gasteiger partial charge in [-0.25, -0.2) is 0 Å². The van der Waals surface area contributed by atoms with Crippen LogP contribution in [0.25, 0.3) is 0 Å². The van der Waals surface area contributed by atoms with Crippen molar-refractivity contribution in [3.8, 4) is 0 Å². The third-order valence-electron chi connectivity index (χ3n) is 3.33. The van der Waals surface area contributed by atoms with E-state index in [4.69, 9.17) is 11.5 Å². The summed E-state index contributed by atoms with van der Waals surface area (Å²) in [6.07, 6.45) is 1.87. The third-order valence-corrected chi connectivity index (χ3v) is 3.33. The van der Waals surface area contributed by atoms with Gasteiger partial charge < -0.3 is 16.4 Å². The lowest BCUT2D eigenvalue weighted by Crippen LogP contribution is -2.40. The van der Waals surface area contributed by atoms with E-state index in [1.807, 2.05) is 31.2 Å². The van der Waals surface area contributed by atoms with Crippen LogP contribution in [-0.4, -0.2) is 18.5 Å². The van der Waals surface area contributed by atoms with Crippen LogP contribution in [0.4, 0.5) is 5.69 Å². The maximum atomic E-state index is 11.3. The molecule has 1 aromatic carbocycles. The van der Waals surface area contributed by atoms with E-state index in [1.54, 1.807) is 0 Å². The molecule has 1 aliphatic rings. The van der Waals surface area contributed by atoms with Crippen LogP contribution in [0.5, 0.6) is 0 Å². The number of hydrogen-bond acceptors (Lipinski definition) is 3. The summed E-state index contributed by atoms with van der Waals surface area (Å²) in [5.41, 5.74) is 13.4. The number of hydrogen-bond donors (Lipinski definition) is 2. The average molecular weight is 233 g/mol. The number of rotatable bonds is 3. The van der Waals surface area contributed by atoms with Crippen molar-refractivity contribution in [2.75, 3.05) is 11.4 Å². The second kappa shape index (κ2) is 4.75. The van der Waals surface area contributed by atoms with E-state index in [1.165, 1.54) is 0 Å². The van der Waals surface area contributed by atoms with Crippen molar-refractivity contribution in [2.24, 2.45) is 11.5 Å². The second-order valence-electron chi connectivity index (χ2n) is 4.63. The summed E-state index contributed by atoms with van der Waals surface area (Å²) < 4.78 is 0. The Balaban J connectivity index is 2.19. The van der Waals surface area contributed by atoms with E-state index in [-0.39, 0.29) is 18.0 Å². The van der Waals surface area contributed by atoms with Crippen molar-refractivity contribution in [3.63, 3.8) is 0 Å². The van der Waals surface area contributed by atoms with Crippen LogP contribution in [-0.2, 0) is 4.79 Å². The third kappa shape index (κ3) is 2.42. The number of anilines is 1. The van der Waals surface area contributed by atoms with Crippen molar-refractivity contribution < 1.29 is 4.79 Å². The minimum absolute atomic E-state index is 0.0366. The lowest BCUT2D eigenvalue weighted by Gasteiger charge is -2.24. The minimum atomic E-state index is -0.237. The molecule has 17 heavy (non-hydrogen) atoms. The number of primary amides is 1. The Kier molecular flexibility index (Phi) is 3.33. The maximum absolute atomic E-state index is 11.3. The summed E-state index contributed by atoms with van der Waals surface area (Å²) in [5.74, 6) is -0.237. The molecule has 1 fully saturated rings. The number of amides is 1. The molecule has 1 amide bonds. The Labute approximate surface area is 102 Å². The van der Waals surface area contributed by atoms with E-state index in [0.29, 0.717) is 0 Å². The van der Waals surface area contributed by atoms with Gasteiger partial charge >= 0.3 is 0 Å². The van der Waals surface area contributed by atoms with Gasteiger partial charge in [0, 0.05) is 18.3 Å².